The predicted molar refractivity (Wildman–Crippen MR) is 43.5 cm³/mol. The lowest BCUT2D eigenvalue weighted by Crippen LogP contribution is -2.37. The molecule has 1 fully saturated rings. The van der Waals surface area contributed by atoms with E-state index >= 15 is 0 Å². The predicted octanol–water partition coefficient (Wildman–Crippen LogP) is 0.136. The van der Waals surface area contributed by atoms with Gasteiger partial charge in [-0.05, 0) is 26.8 Å². The van der Waals surface area contributed by atoms with E-state index in [2.05, 4.69) is 5.32 Å². The molecule has 0 spiro atoms. The van der Waals surface area contributed by atoms with Gasteiger partial charge in [0.2, 0.25) is 0 Å². The highest BCUT2D eigenvalue weighted by atomic mass is 16.5. The van der Waals surface area contributed by atoms with Gasteiger partial charge in [0.1, 0.15) is 5.60 Å². The van der Waals surface area contributed by atoms with Gasteiger partial charge in [0.15, 0.2) is 0 Å². The van der Waals surface area contributed by atoms with E-state index in [1.54, 1.807) is 0 Å². The van der Waals surface area contributed by atoms with E-state index in [9.17, 15) is 5.11 Å². The smallest absolute Gasteiger partial charge is 0.102 e. The minimum Gasteiger partial charge on any atom is -0.386 e. The van der Waals surface area contributed by atoms with Crippen molar-refractivity contribution in [2.75, 3.05) is 19.7 Å². The second-order valence-corrected chi connectivity index (χ2v) is 3.51. The van der Waals surface area contributed by atoms with Gasteiger partial charge in [-0.15, -0.1) is 0 Å². The highest BCUT2D eigenvalue weighted by molar-refractivity contribution is 4.87. The van der Waals surface area contributed by atoms with Crippen LogP contribution >= 0.6 is 0 Å². The van der Waals surface area contributed by atoms with E-state index < -0.39 is 5.60 Å². The van der Waals surface area contributed by atoms with Gasteiger partial charge in [0.05, 0.1) is 12.7 Å². The van der Waals surface area contributed by atoms with E-state index in [-0.39, 0.29) is 6.10 Å². The van der Waals surface area contributed by atoms with Crippen LogP contribution in [0.25, 0.3) is 0 Å². The number of nitrogens with one attached hydrogen (secondary N) is 1. The molecule has 1 saturated heterocycles. The van der Waals surface area contributed by atoms with Crippen LogP contribution in [-0.4, -0.2) is 36.5 Å². The zero-order chi connectivity index (χ0) is 8.32. The largest absolute Gasteiger partial charge is 0.386 e. The second-order valence-electron chi connectivity index (χ2n) is 3.51. The molecular weight excluding hydrogens is 142 g/mol. The van der Waals surface area contributed by atoms with E-state index in [0.717, 1.165) is 13.0 Å². The van der Waals surface area contributed by atoms with E-state index in [1.165, 1.54) is 0 Å². The second kappa shape index (κ2) is 3.52. The molecule has 1 aliphatic rings. The van der Waals surface area contributed by atoms with Gasteiger partial charge < -0.3 is 15.2 Å². The summed E-state index contributed by atoms with van der Waals surface area (Å²) in [5.41, 5.74) is -0.607. The van der Waals surface area contributed by atoms with Crippen molar-refractivity contribution in [2.24, 2.45) is 0 Å². The van der Waals surface area contributed by atoms with Gasteiger partial charge in [0.25, 0.3) is 0 Å². The summed E-state index contributed by atoms with van der Waals surface area (Å²) < 4.78 is 5.34. The molecule has 1 rings (SSSR count). The van der Waals surface area contributed by atoms with Crippen LogP contribution in [0.2, 0.25) is 0 Å². The summed E-state index contributed by atoms with van der Waals surface area (Å²) in [5, 5.41) is 12.9. The van der Waals surface area contributed by atoms with E-state index in [0.29, 0.717) is 13.2 Å². The van der Waals surface area contributed by atoms with Crippen LogP contribution in [0.15, 0.2) is 0 Å². The fourth-order valence-electron chi connectivity index (χ4n) is 1.18. The molecule has 1 atom stereocenters. The fourth-order valence-corrected chi connectivity index (χ4v) is 1.18. The Kier molecular flexibility index (Phi) is 2.87. The lowest BCUT2D eigenvalue weighted by atomic mass is 10.1. The lowest BCUT2D eigenvalue weighted by Gasteiger charge is -2.22. The zero-order valence-electron chi connectivity index (χ0n) is 7.26. The molecule has 2 N–H and O–H groups in total. The number of β-amino-alcohol motifs (C(OH)–C–C–N with tert-alkyl or cyclic N) is 1. The van der Waals surface area contributed by atoms with Crippen LogP contribution in [0.5, 0.6) is 0 Å². The van der Waals surface area contributed by atoms with Crippen LogP contribution < -0.4 is 5.32 Å². The van der Waals surface area contributed by atoms with Crippen molar-refractivity contribution < 1.29 is 9.84 Å². The van der Waals surface area contributed by atoms with Crippen molar-refractivity contribution in [2.45, 2.75) is 32.0 Å². The molecule has 3 nitrogen and oxygen atoms in total. The number of hydrogen-bond acceptors (Lipinski definition) is 3. The van der Waals surface area contributed by atoms with Crippen molar-refractivity contribution in [3.63, 3.8) is 0 Å². The molecule has 0 amide bonds. The lowest BCUT2D eigenvalue weighted by molar-refractivity contribution is -0.0522. The zero-order valence-corrected chi connectivity index (χ0v) is 7.26. The molecule has 0 radical (unpaired) electrons. The molecule has 0 bridgehead atoms. The van der Waals surface area contributed by atoms with Gasteiger partial charge >= 0.3 is 0 Å². The van der Waals surface area contributed by atoms with Gasteiger partial charge in [-0.3, -0.25) is 0 Å². The molecular formula is C8H17NO2. The summed E-state index contributed by atoms with van der Waals surface area (Å²) in [5.74, 6) is 0. The van der Waals surface area contributed by atoms with Crippen molar-refractivity contribution in [3.05, 3.63) is 0 Å². The summed E-state index contributed by atoms with van der Waals surface area (Å²) in [7, 11) is 0. The van der Waals surface area contributed by atoms with Gasteiger partial charge in [-0.25, -0.2) is 0 Å². The molecule has 0 aromatic rings. The maximum atomic E-state index is 9.75. The van der Waals surface area contributed by atoms with Gasteiger partial charge in [-0.1, -0.05) is 0 Å². The first-order valence-corrected chi connectivity index (χ1v) is 4.17. The maximum absolute atomic E-state index is 9.75. The average molecular weight is 159 g/mol. The third-order valence-corrected chi connectivity index (χ3v) is 1.91. The van der Waals surface area contributed by atoms with Crippen LogP contribution in [0.3, 0.4) is 0 Å². The van der Waals surface area contributed by atoms with Crippen LogP contribution in [0, 0.1) is 0 Å². The molecule has 1 unspecified atom stereocenters. The van der Waals surface area contributed by atoms with Crippen molar-refractivity contribution >= 4 is 0 Å². The summed E-state index contributed by atoms with van der Waals surface area (Å²) in [4.78, 5) is 0. The van der Waals surface area contributed by atoms with Crippen LogP contribution in [0.1, 0.15) is 20.3 Å². The highest BCUT2D eigenvalue weighted by Crippen LogP contribution is 2.14. The number of ether oxygens (including phenoxy) is 1. The topological polar surface area (TPSA) is 41.5 Å². The van der Waals surface area contributed by atoms with Crippen molar-refractivity contribution in [1.82, 2.24) is 5.32 Å². The van der Waals surface area contributed by atoms with E-state index in [4.69, 9.17) is 4.74 Å². The quantitative estimate of drug-likeness (QED) is 0.615. The molecule has 0 aromatic heterocycles. The Morgan fingerprint density at radius 1 is 1.64 bits per heavy atom. The van der Waals surface area contributed by atoms with Gasteiger partial charge in [0, 0.05) is 6.54 Å². The standard InChI is InChI=1S/C8H17NO2/c1-7(2)11-6-8(10)3-4-9-5-8/h7,9-10H,3-6H2,1-2H3. The first kappa shape index (κ1) is 8.97. The average Bonchev–Trinajstić information content (AvgIpc) is 2.33. The Morgan fingerprint density at radius 3 is 2.82 bits per heavy atom. The number of aliphatic hydroxyl groups is 1. The van der Waals surface area contributed by atoms with Crippen LogP contribution in [0.4, 0.5) is 0 Å². The summed E-state index contributed by atoms with van der Waals surface area (Å²) in [6, 6.07) is 0. The molecule has 0 aliphatic carbocycles. The van der Waals surface area contributed by atoms with Gasteiger partial charge in [-0.2, -0.15) is 0 Å². The third-order valence-electron chi connectivity index (χ3n) is 1.91. The normalized spacial score (nSPS) is 31.6. The van der Waals surface area contributed by atoms with Crippen LogP contribution in [-0.2, 0) is 4.74 Å². The Morgan fingerprint density at radius 2 is 2.36 bits per heavy atom. The summed E-state index contributed by atoms with van der Waals surface area (Å²) in [6.07, 6.45) is 1.01. The molecule has 0 saturated carbocycles. The highest BCUT2D eigenvalue weighted by Gasteiger charge is 2.31. The minimum absolute atomic E-state index is 0.208. The Hall–Kier alpha value is -0.120. The molecule has 1 heterocycles. The minimum atomic E-state index is -0.607. The van der Waals surface area contributed by atoms with Crippen molar-refractivity contribution in [3.8, 4) is 0 Å². The summed E-state index contributed by atoms with van der Waals surface area (Å²) >= 11 is 0. The summed E-state index contributed by atoms with van der Waals surface area (Å²) in [6.45, 7) is 5.98. The maximum Gasteiger partial charge on any atom is 0.102 e. The van der Waals surface area contributed by atoms with E-state index in [1.807, 2.05) is 13.8 Å². The molecule has 66 valence electrons. The third kappa shape index (κ3) is 2.77. The monoisotopic (exact) mass is 159 g/mol. The number of rotatable bonds is 3. The first-order chi connectivity index (χ1) is 5.12. The SMILES string of the molecule is CC(C)OCC1(O)CCNC1. The Labute approximate surface area is 67.7 Å². The molecule has 0 aromatic carbocycles. The fraction of sp³-hybridized carbons (Fsp3) is 1.00. The Bertz CT molecular complexity index is 119. The first-order valence-electron chi connectivity index (χ1n) is 4.17. The molecule has 1 aliphatic heterocycles. The Balaban J connectivity index is 2.23. The number of hydrogen-bond donors (Lipinski definition) is 2. The van der Waals surface area contributed by atoms with Crippen molar-refractivity contribution in [1.29, 1.82) is 0 Å². The molecule has 11 heavy (non-hydrogen) atoms. The molecule has 3 heteroatoms.